The zero-order valence-electron chi connectivity index (χ0n) is 10.6. The molecule has 1 atom stereocenters. The van der Waals surface area contributed by atoms with Gasteiger partial charge >= 0.3 is 0 Å². The molecular formula is C12H25ClN2O. The Kier molecular flexibility index (Phi) is 6.34. The fourth-order valence-electron chi connectivity index (χ4n) is 1.93. The summed E-state index contributed by atoms with van der Waals surface area (Å²) in [5, 5.41) is 3.06. The number of amides is 1. The summed E-state index contributed by atoms with van der Waals surface area (Å²) < 4.78 is 0. The Labute approximate surface area is 105 Å². The van der Waals surface area contributed by atoms with Crippen LogP contribution in [-0.2, 0) is 4.79 Å². The number of halogens is 1. The molecule has 1 aliphatic rings. The minimum absolute atomic E-state index is 0. The summed E-state index contributed by atoms with van der Waals surface area (Å²) in [6, 6.07) is -0.0425. The maximum atomic E-state index is 11.8. The molecule has 3 N–H and O–H groups in total. The van der Waals surface area contributed by atoms with E-state index in [0.29, 0.717) is 6.04 Å². The quantitative estimate of drug-likeness (QED) is 0.788. The van der Waals surface area contributed by atoms with Crippen LogP contribution in [0.1, 0.15) is 52.9 Å². The second-order valence-corrected chi connectivity index (χ2v) is 5.69. The molecule has 0 unspecified atom stereocenters. The molecule has 0 aromatic carbocycles. The van der Waals surface area contributed by atoms with Gasteiger partial charge in [0, 0.05) is 6.04 Å². The van der Waals surface area contributed by atoms with E-state index in [0.717, 1.165) is 12.8 Å². The lowest BCUT2D eigenvalue weighted by atomic mass is 9.86. The fourth-order valence-corrected chi connectivity index (χ4v) is 1.93. The van der Waals surface area contributed by atoms with E-state index in [-0.39, 0.29) is 23.7 Å². The third kappa shape index (κ3) is 4.71. The van der Waals surface area contributed by atoms with E-state index in [1.807, 2.05) is 20.8 Å². The predicted molar refractivity (Wildman–Crippen MR) is 69.7 cm³/mol. The van der Waals surface area contributed by atoms with E-state index < -0.39 is 6.04 Å². The second kappa shape index (κ2) is 6.45. The topological polar surface area (TPSA) is 55.1 Å². The number of nitrogens with two attached hydrogens (primary N) is 1. The summed E-state index contributed by atoms with van der Waals surface area (Å²) in [7, 11) is 0. The van der Waals surface area contributed by atoms with Gasteiger partial charge in [0.15, 0.2) is 0 Å². The van der Waals surface area contributed by atoms with Crippen LogP contribution < -0.4 is 11.1 Å². The molecule has 1 fully saturated rings. The van der Waals surface area contributed by atoms with Crippen LogP contribution in [0.5, 0.6) is 0 Å². The first kappa shape index (κ1) is 15.7. The maximum absolute atomic E-state index is 11.8. The SMILES string of the molecule is CC(C)(C)[C@H](N)C(=O)NC1CCCCC1.Cl. The van der Waals surface area contributed by atoms with Gasteiger partial charge in [-0.2, -0.15) is 0 Å². The highest BCUT2D eigenvalue weighted by atomic mass is 35.5. The zero-order valence-corrected chi connectivity index (χ0v) is 11.4. The summed E-state index contributed by atoms with van der Waals surface area (Å²) in [5.74, 6) is 0.00870. The van der Waals surface area contributed by atoms with Crippen molar-refractivity contribution in [1.82, 2.24) is 5.32 Å². The first-order valence-corrected chi connectivity index (χ1v) is 5.97. The Morgan fingerprint density at radius 1 is 1.25 bits per heavy atom. The van der Waals surface area contributed by atoms with Crippen LogP contribution in [0.25, 0.3) is 0 Å². The molecule has 0 saturated heterocycles. The standard InChI is InChI=1S/C12H24N2O.ClH/c1-12(2,3)10(13)11(15)14-9-7-5-4-6-8-9;/h9-10H,4-8,13H2,1-3H3,(H,14,15);1H/t10-;/m1./s1. The number of hydrogen-bond acceptors (Lipinski definition) is 2. The molecule has 0 aliphatic heterocycles. The summed E-state index contributed by atoms with van der Waals surface area (Å²) in [4.78, 5) is 11.8. The summed E-state index contributed by atoms with van der Waals surface area (Å²) >= 11 is 0. The minimum Gasteiger partial charge on any atom is -0.352 e. The molecule has 0 aromatic rings. The molecule has 3 nitrogen and oxygen atoms in total. The van der Waals surface area contributed by atoms with Crippen molar-refractivity contribution < 1.29 is 4.79 Å². The smallest absolute Gasteiger partial charge is 0.237 e. The van der Waals surface area contributed by atoms with Crippen LogP contribution in [0, 0.1) is 5.41 Å². The number of carbonyl (C=O) groups excluding carboxylic acids is 1. The Hall–Kier alpha value is -0.280. The lowest BCUT2D eigenvalue weighted by Crippen LogP contribution is -2.51. The van der Waals surface area contributed by atoms with Crippen LogP contribution in [0.15, 0.2) is 0 Å². The monoisotopic (exact) mass is 248 g/mol. The van der Waals surface area contributed by atoms with Gasteiger partial charge in [0.2, 0.25) is 5.91 Å². The molecule has 0 spiro atoms. The van der Waals surface area contributed by atoms with Gasteiger partial charge in [0.05, 0.1) is 6.04 Å². The van der Waals surface area contributed by atoms with Crippen LogP contribution in [0.3, 0.4) is 0 Å². The second-order valence-electron chi connectivity index (χ2n) is 5.69. The van der Waals surface area contributed by atoms with E-state index in [2.05, 4.69) is 5.32 Å². The maximum Gasteiger partial charge on any atom is 0.237 e. The molecular weight excluding hydrogens is 224 g/mol. The molecule has 0 radical (unpaired) electrons. The molecule has 1 aliphatic carbocycles. The number of nitrogens with one attached hydrogen (secondary N) is 1. The normalized spacial score (nSPS) is 19.8. The van der Waals surface area contributed by atoms with Crippen molar-refractivity contribution in [3.8, 4) is 0 Å². The molecule has 16 heavy (non-hydrogen) atoms. The van der Waals surface area contributed by atoms with Crippen LogP contribution in [0.4, 0.5) is 0 Å². The van der Waals surface area contributed by atoms with Gasteiger partial charge in [-0.25, -0.2) is 0 Å². The van der Waals surface area contributed by atoms with Gasteiger partial charge in [-0.05, 0) is 18.3 Å². The zero-order chi connectivity index (χ0) is 11.5. The van der Waals surface area contributed by atoms with Gasteiger partial charge in [0.25, 0.3) is 0 Å². The minimum atomic E-state index is -0.403. The average Bonchev–Trinajstić information content (AvgIpc) is 2.16. The van der Waals surface area contributed by atoms with E-state index >= 15 is 0 Å². The van der Waals surface area contributed by atoms with Crippen molar-refractivity contribution in [2.24, 2.45) is 11.1 Å². The van der Waals surface area contributed by atoms with E-state index in [1.165, 1.54) is 19.3 Å². The van der Waals surface area contributed by atoms with Crippen molar-refractivity contribution in [2.75, 3.05) is 0 Å². The van der Waals surface area contributed by atoms with E-state index in [1.54, 1.807) is 0 Å². The number of carbonyl (C=O) groups is 1. The highest BCUT2D eigenvalue weighted by Crippen LogP contribution is 2.20. The predicted octanol–water partition coefficient (Wildman–Crippen LogP) is 2.23. The van der Waals surface area contributed by atoms with Crippen molar-refractivity contribution in [2.45, 2.75) is 65.0 Å². The third-order valence-corrected chi connectivity index (χ3v) is 3.17. The van der Waals surface area contributed by atoms with Crippen molar-refractivity contribution >= 4 is 18.3 Å². The van der Waals surface area contributed by atoms with Crippen LogP contribution >= 0.6 is 12.4 Å². The Morgan fingerprint density at radius 2 is 1.75 bits per heavy atom. The van der Waals surface area contributed by atoms with Crippen LogP contribution in [0.2, 0.25) is 0 Å². The lowest BCUT2D eigenvalue weighted by Gasteiger charge is -2.29. The largest absolute Gasteiger partial charge is 0.352 e. The molecule has 0 heterocycles. The van der Waals surface area contributed by atoms with Gasteiger partial charge in [-0.1, -0.05) is 40.0 Å². The molecule has 1 saturated carbocycles. The average molecular weight is 249 g/mol. The first-order chi connectivity index (χ1) is 6.91. The van der Waals surface area contributed by atoms with Crippen molar-refractivity contribution in [3.05, 3.63) is 0 Å². The Bertz CT molecular complexity index is 220. The summed E-state index contributed by atoms with van der Waals surface area (Å²) in [6.45, 7) is 5.99. The molecule has 96 valence electrons. The van der Waals surface area contributed by atoms with E-state index in [9.17, 15) is 4.79 Å². The number of rotatable bonds is 2. The molecule has 0 aromatic heterocycles. The fraction of sp³-hybridized carbons (Fsp3) is 0.917. The van der Waals surface area contributed by atoms with Crippen LogP contribution in [-0.4, -0.2) is 18.0 Å². The highest BCUT2D eigenvalue weighted by molar-refractivity contribution is 5.85. The lowest BCUT2D eigenvalue weighted by molar-refractivity contribution is -0.125. The first-order valence-electron chi connectivity index (χ1n) is 5.97. The molecule has 1 rings (SSSR count). The summed E-state index contributed by atoms with van der Waals surface area (Å²) in [6.07, 6.45) is 5.99. The molecule has 0 bridgehead atoms. The van der Waals surface area contributed by atoms with Gasteiger partial charge in [0.1, 0.15) is 0 Å². The molecule has 1 amide bonds. The van der Waals surface area contributed by atoms with Gasteiger partial charge in [-0.3, -0.25) is 4.79 Å². The van der Waals surface area contributed by atoms with Crippen molar-refractivity contribution in [3.63, 3.8) is 0 Å². The van der Waals surface area contributed by atoms with Gasteiger partial charge < -0.3 is 11.1 Å². The number of hydrogen-bond donors (Lipinski definition) is 2. The van der Waals surface area contributed by atoms with Gasteiger partial charge in [-0.15, -0.1) is 12.4 Å². The third-order valence-electron chi connectivity index (χ3n) is 3.17. The Balaban J connectivity index is 0.00000225. The Morgan fingerprint density at radius 3 is 2.19 bits per heavy atom. The summed E-state index contributed by atoms with van der Waals surface area (Å²) in [5.41, 5.74) is 5.75. The van der Waals surface area contributed by atoms with E-state index in [4.69, 9.17) is 5.73 Å². The van der Waals surface area contributed by atoms with Crippen molar-refractivity contribution in [1.29, 1.82) is 0 Å². The highest BCUT2D eigenvalue weighted by Gasteiger charge is 2.28. The molecule has 4 heteroatoms.